The summed E-state index contributed by atoms with van der Waals surface area (Å²) < 4.78 is 7.32. The predicted octanol–water partition coefficient (Wildman–Crippen LogP) is 4.30. The van der Waals surface area contributed by atoms with Gasteiger partial charge in [0.25, 0.3) is 5.91 Å². The first-order valence-corrected chi connectivity index (χ1v) is 8.05. The van der Waals surface area contributed by atoms with Crippen LogP contribution in [0.15, 0.2) is 85.2 Å². The Labute approximate surface area is 145 Å². The minimum atomic E-state index is -0.108. The molecular formula is C21H16N2O2. The van der Waals surface area contributed by atoms with Crippen molar-refractivity contribution in [3.05, 3.63) is 96.3 Å². The zero-order chi connectivity index (χ0) is 17.1. The fourth-order valence-corrected chi connectivity index (χ4v) is 2.69. The summed E-state index contributed by atoms with van der Waals surface area (Å²) in [4.78, 5) is 17.0. The zero-order valence-corrected chi connectivity index (χ0v) is 13.5. The van der Waals surface area contributed by atoms with Crippen molar-refractivity contribution < 1.29 is 9.53 Å². The molecule has 1 aromatic heterocycles. The van der Waals surface area contributed by atoms with E-state index in [4.69, 9.17) is 4.74 Å². The van der Waals surface area contributed by atoms with E-state index in [1.165, 1.54) is 0 Å². The van der Waals surface area contributed by atoms with Crippen LogP contribution >= 0.6 is 0 Å². The number of aromatic nitrogens is 2. The molecule has 25 heavy (non-hydrogen) atoms. The molecule has 1 heterocycles. The first kappa shape index (κ1) is 15.1. The number of benzene rings is 3. The van der Waals surface area contributed by atoms with Crippen LogP contribution in [0.25, 0.3) is 11.0 Å². The normalized spacial score (nSPS) is 10.7. The quantitative estimate of drug-likeness (QED) is 0.561. The molecule has 4 heteroatoms. The van der Waals surface area contributed by atoms with Gasteiger partial charge in [-0.05, 0) is 42.0 Å². The number of ether oxygens (including phenoxy) is 1. The average molecular weight is 328 g/mol. The second kappa shape index (κ2) is 6.61. The fourth-order valence-electron chi connectivity index (χ4n) is 2.69. The lowest BCUT2D eigenvalue weighted by atomic mass is 10.2. The Morgan fingerprint density at radius 1 is 0.880 bits per heavy atom. The number of nitrogens with zero attached hydrogens (tertiary/aromatic N) is 2. The molecule has 0 saturated carbocycles. The molecule has 0 saturated heterocycles. The molecule has 4 rings (SSSR count). The Kier molecular flexibility index (Phi) is 4.01. The Balaban J connectivity index is 1.51. The van der Waals surface area contributed by atoms with Gasteiger partial charge in [-0.1, -0.05) is 42.5 Å². The Bertz CT molecular complexity index is 1000. The van der Waals surface area contributed by atoms with Gasteiger partial charge >= 0.3 is 0 Å². The third kappa shape index (κ3) is 3.15. The number of hydrogen-bond acceptors (Lipinski definition) is 3. The average Bonchev–Trinajstić information content (AvgIpc) is 3.11. The highest BCUT2D eigenvalue weighted by Crippen LogP contribution is 2.17. The van der Waals surface area contributed by atoms with Crippen LogP contribution < -0.4 is 4.74 Å². The maximum absolute atomic E-state index is 12.7. The highest BCUT2D eigenvalue weighted by Gasteiger charge is 2.12. The molecule has 4 nitrogen and oxygen atoms in total. The van der Waals surface area contributed by atoms with Crippen molar-refractivity contribution in [2.24, 2.45) is 0 Å². The molecule has 0 spiro atoms. The number of rotatable bonds is 4. The van der Waals surface area contributed by atoms with Gasteiger partial charge in [0, 0.05) is 5.56 Å². The molecule has 0 atom stereocenters. The molecule has 0 unspecified atom stereocenters. The highest BCUT2D eigenvalue weighted by molar-refractivity contribution is 6.01. The van der Waals surface area contributed by atoms with E-state index in [0.29, 0.717) is 12.2 Å². The summed E-state index contributed by atoms with van der Waals surface area (Å²) in [6, 6.07) is 24.7. The fraction of sp³-hybridized carbons (Fsp3) is 0.0476. The van der Waals surface area contributed by atoms with Gasteiger partial charge in [0.2, 0.25) is 0 Å². The molecule has 0 N–H and O–H groups in total. The van der Waals surface area contributed by atoms with E-state index in [1.807, 2.05) is 66.7 Å². The number of carbonyl (C=O) groups is 1. The van der Waals surface area contributed by atoms with Crippen LogP contribution in [0.4, 0.5) is 0 Å². The molecule has 0 radical (unpaired) electrons. The SMILES string of the molecule is O=C(c1ccc(OCc2ccccc2)cc1)n1cnc2ccccc21. The topological polar surface area (TPSA) is 44.1 Å². The molecule has 3 aromatic carbocycles. The summed E-state index contributed by atoms with van der Waals surface area (Å²) in [5.74, 6) is 0.624. The van der Waals surface area contributed by atoms with Gasteiger partial charge in [0.15, 0.2) is 0 Å². The van der Waals surface area contributed by atoms with Crippen LogP contribution in [0.1, 0.15) is 15.9 Å². The van der Waals surface area contributed by atoms with Gasteiger partial charge in [-0.25, -0.2) is 4.98 Å². The third-order valence-electron chi connectivity index (χ3n) is 4.02. The van der Waals surface area contributed by atoms with Crippen LogP contribution in [0.2, 0.25) is 0 Å². The van der Waals surface area contributed by atoms with Crippen LogP contribution in [0.3, 0.4) is 0 Å². The number of fused-ring (bicyclic) bond motifs is 1. The first-order valence-electron chi connectivity index (χ1n) is 8.05. The van der Waals surface area contributed by atoms with Gasteiger partial charge in [0.05, 0.1) is 11.0 Å². The third-order valence-corrected chi connectivity index (χ3v) is 4.02. The van der Waals surface area contributed by atoms with Crippen LogP contribution in [0.5, 0.6) is 5.75 Å². The molecule has 0 fully saturated rings. The smallest absolute Gasteiger partial charge is 0.263 e. The van der Waals surface area contributed by atoms with Gasteiger partial charge in [-0.2, -0.15) is 0 Å². The second-order valence-corrected chi connectivity index (χ2v) is 5.71. The van der Waals surface area contributed by atoms with Gasteiger partial charge in [-0.15, -0.1) is 0 Å². The van der Waals surface area contributed by atoms with Crippen molar-refractivity contribution in [3.8, 4) is 5.75 Å². The minimum Gasteiger partial charge on any atom is -0.489 e. The van der Waals surface area contributed by atoms with Crippen molar-refractivity contribution >= 4 is 16.9 Å². The van der Waals surface area contributed by atoms with E-state index >= 15 is 0 Å². The van der Waals surface area contributed by atoms with E-state index in [-0.39, 0.29) is 5.91 Å². The van der Waals surface area contributed by atoms with Crippen LogP contribution in [-0.4, -0.2) is 15.5 Å². The first-order chi connectivity index (χ1) is 12.3. The molecular weight excluding hydrogens is 312 g/mol. The molecule has 0 bridgehead atoms. The van der Waals surface area contributed by atoms with Crippen LogP contribution in [0, 0.1) is 0 Å². The lowest BCUT2D eigenvalue weighted by Crippen LogP contribution is -2.10. The van der Waals surface area contributed by atoms with Gasteiger partial charge in [-0.3, -0.25) is 9.36 Å². The Morgan fingerprint density at radius 2 is 1.60 bits per heavy atom. The van der Waals surface area contributed by atoms with Gasteiger partial charge in [0.1, 0.15) is 18.7 Å². The number of para-hydroxylation sites is 2. The highest BCUT2D eigenvalue weighted by atomic mass is 16.5. The number of carbonyl (C=O) groups excluding carboxylic acids is 1. The maximum Gasteiger partial charge on any atom is 0.263 e. The molecule has 0 amide bonds. The monoisotopic (exact) mass is 328 g/mol. The summed E-state index contributed by atoms with van der Waals surface area (Å²) in [6.45, 7) is 0.500. The maximum atomic E-state index is 12.7. The van der Waals surface area contributed by atoms with Crippen molar-refractivity contribution in [1.29, 1.82) is 0 Å². The van der Waals surface area contributed by atoms with E-state index in [1.54, 1.807) is 23.0 Å². The molecule has 122 valence electrons. The lowest BCUT2D eigenvalue weighted by molar-refractivity contribution is 0.0964. The summed E-state index contributed by atoms with van der Waals surface area (Å²) >= 11 is 0. The number of hydrogen-bond donors (Lipinski definition) is 0. The van der Waals surface area contributed by atoms with E-state index in [0.717, 1.165) is 22.3 Å². The summed E-state index contributed by atoms with van der Waals surface area (Å²) in [5, 5.41) is 0. The molecule has 4 aromatic rings. The lowest BCUT2D eigenvalue weighted by Gasteiger charge is -2.08. The molecule has 0 aliphatic rings. The number of imidazole rings is 1. The second-order valence-electron chi connectivity index (χ2n) is 5.71. The minimum absolute atomic E-state index is 0.108. The van der Waals surface area contributed by atoms with Crippen LogP contribution in [-0.2, 0) is 6.61 Å². The van der Waals surface area contributed by atoms with Crippen molar-refractivity contribution in [2.75, 3.05) is 0 Å². The Morgan fingerprint density at radius 3 is 2.40 bits per heavy atom. The summed E-state index contributed by atoms with van der Waals surface area (Å²) in [6.07, 6.45) is 1.56. The van der Waals surface area contributed by atoms with Gasteiger partial charge < -0.3 is 4.74 Å². The van der Waals surface area contributed by atoms with Crippen molar-refractivity contribution in [2.45, 2.75) is 6.61 Å². The largest absolute Gasteiger partial charge is 0.489 e. The predicted molar refractivity (Wildman–Crippen MR) is 96.7 cm³/mol. The standard InChI is InChI=1S/C21H16N2O2/c24-21(23-15-22-19-8-4-5-9-20(19)23)17-10-12-18(13-11-17)25-14-16-6-2-1-3-7-16/h1-13,15H,14H2. The summed E-state index contributed by atoms with van der Waals surface area (Å²) in [7, 11) is 0. The van der Waals surface area contributed by atoms with Crippen molar-refractivity contribution in [3.63, 3.8) is 0 Å². The van der Waals surface area contributed by atoms with Crippen molar-refractivity contribution in [1.82, 2.24) is 9.55 Å². The Hall–Kier alpha value is -3.40. The molecule has 0 aliphatic heterocycles. The zero-order valence-electron chi connectivity index (χ0n) is 13.5. The van der Waals surface area contributed by atoms with E-state index < -0.39 is 0 Å². The van der Waals surface area contributed by atoms with E-state index in [2.05, 4.69) is 4.98 Å². The van der Waals surface area contributed by atoms with E-state index in [9.17, 15) is 4.79 Å². The summed E-state index contributed by atoms with van der Waals surface area (Å²) in [5.41, 5.74) is 3.30. The molecule has 0 aliphatic carbocycles.